The van der Waals surface area contributed by atoms with Crippen LogP contribution in [-0.4, -0.2) is 11.0 Å². The molecule has 1 aromatic carbocycles. The van der Waals surface area contributed by atoms with E-state index in [0.717, 1.165) is 6.07 Å². The van der Waals surface area contributed by atoms with Gasteiger partial charge in [0.2, 0.25) is 0 Å². The minimum atomic E-state index is -0.778. The molecule has 0 fully saturated rings. The third-order valence-electron chi connectivity index (χ3n) is 1.47. The molecule has 0 atom stereocenters. The molecule has 3 N–H and O–H groups in total. The van der Waals surface area contributed by atoms with Gasteiger partial charge in [0.15, 0.2) is 0 Å². The molecule has 0 bridgehead atoms. The van der Waals surface area contributed by atoms with Crippen LogP contribution in [0.25, 0.3) is 0 Å². The lowest BCUT2D eigenvalue weighted by Gasteiger charge is -1.97. The molecule has 0 saturated carbocycles. The Morgan fingerprint density at radius 3 is 2.79 bits per heavy atom. The number of primary amides is 1. The first-order chi connectivity index (χ1) is 6.61. The van der Waals surface area contributed by atoms with Crippen molar-refractivity contribution >= 4 is 5.91 Å². The highest BCUT2D eigenvalue weighted by atomic mass is 19.1. The third kappa shape index (κ3) is 2.88. The van der Waals surface area contributed by atoms with Gasteiger partial charge in [-0.3, -0.25) is 4.79 Å². The molecule has 0 aliphatic carbocycles. The molecule has 0 saturated heterocycles. The summed E-state index contributed by atoms with van der Waals surface area (Å²) in [5.74, 6) is 3.18. The Balaban J connectivity index is 3.05. The molecule has 1 aromatic rings. The highest BCUT2D eigenvalue weighted by molar-refractivity contribution is 5.92. The molecule has 3 nitrogen and oxygen atoms in total. The Hall–Kier alpha value is -1.86. The molecule has 0 heterocycles. The zero-order valence-corrected chi connectivity index (χ0v) is 7.25. The number of aliphatic hydroxyl groups excluding tert-OH is 1. The van der Waals surface area contributed by atoms with Crippen molar-refractivity contribution in [3.8, 4) is 11.8 Å². The lowest BCUT2D eigenvalue weighted by atomic mass is 10.1. The smallest absolute Gasteiger partial charge is 0.293 e. The molecule has 14 heavy (non-hydrogen) atoms. The number of hydrogen-bond acceptors (Lipinski definition) is 2. The summed E-state index contributed by atoms with van der Waals surface area (Å²) < 4.78 is 12.8. The van der Waals surface area contributed by atoms with Crippen LogP contribution in [0.15, 0.2) is 18.2 Å². The van der Waals surface area contributed by atoms with Crippen LogP contribution in [-0.2, 0) is 11.4 Å². The van der Waals surface area contributed by atoms with E-state index in [0.29, 0.717) is 11.1 Å². The SMILES string of the molecule is NC(=O)C#Cc1cc(F)cc(CO)c1. The van der Waals surface area contributed by atoms with Crippen molar-refractivity contribution in [3.63, 3.8) is 0 Å². The maximum absolute atomic E-state index is 12.8. The van der Waals surface area contributed by atoms with Crippen LogP contribution in [0.2, 0.25) is 0 Å². The van der Waals surface area contributed by atoms with Gasteiger partial charge in [0.25, 0.3) is 5.91 Å². The molecular weight excluding hydrogens is 185 g/mol. The molecule has 0 aliphatic heterocycles. The zero-order valence-electron chi connectivity index (χ0n) is 7.25. The Bertz CT molecular complexity index is 418. The highest BCUT2D eigenvalue weighted by Crippen LogP contribution is 2.08. The number of rotatable bonds is 1. The van der Waals surface area contributed by atoms with Crippen molar-refractivity contribution in [2.24, 2.45) is 5.73 Å². The third-order valence-corrected chi connectivity index (χ3v) is 1.47. The number of halogens is 1. The van der Waals surface area contributed by atoms with Crippen molar-refractivity contribution in [1.82, 2.24) is 0 Å². The maximum Gasteiger partial charge on any atom is 0.293 e. The Morgan fingerprint density at radius 1 is 1.50 bits per heavy atom. The molecule has 0 spiro atoms. The van der Waals surface area contributed by atoms with Gasteiger partial charge in [-0.25, -0.2) is 4.39 Å². The van der Waals surface area contributed by atoms with Crippen LogP contribution < -0.4 is 5.73 Å². The van der Waals surface area contributed by atoms with Gasteiger partial charge in [-0.05, 0) is 29.7 Å². The number of carbonyl (C=O) groups excluding carboxylic acids is 1. The summed E-state index contributed by atoms with van der Waals surface area (Å²) in [7, 11) is 0. The number of benzene rings is 1. The van der Waals surface area contributed by atoms with Gasteiger partial charge in [0.1, 0.15) is 5.82 Å². The first-order valence-corrected chi connectivity index (χ1v) is 3.83. The summed E-state index contributed by atoms with van der Waals surface area (Å²) in [6.07, 6.45) is 0. The zero-order chi connectivity index (χ0) is 10.6. The molecule has 1 amide bonds. The lowest BCUT2D eigenvalue weighted by Crippen LogP contribution is -2.06. The quantitative estimate of drug-likeness (QED) is 0.624. The largest absolute Gasteiger partial charge is 0.392 e. The summed E-state index contributed by atoms with van der Waals surface area (Å²) in [6, 6.07) is 3.84. The summed E-state index contributed by atoms with van der Waals surface area (Å²) in [5.41, 5.74) is 5.51. The van der Waals surface area contributed by atoms with E-state index in [1.165, 1.54) is 12.1 Å². The summed E-state index contributed by atoms with van der Waals surface area (Å²) in [6.45, 7) is -0.275. The molecular formula is C10H8FNO2. The Kier molecular flexibility index (Phi) is 3.21. The van der Waals surface area contributed by atoms with Gasteiger partial charge in [0, 0.05) is 5.56 Å². The predicted octanol–water partition coefficient (Wildman–Crippen LogP) is 0.155. The van der Waals surface area contributed by atoms with Gasteiger partial charge >= 0.3 is 0 Å². The highest BCUT2D eigenvalue weighted by Gasteiger charge is 1.97. The van der Waals surface area contributed by atoms with Gasteiger partial charge in [-0.2, -0.15) is 0 Å². The Morgan fingerprint density at radius 2 is 2.21 bits per heavy atom. The fourth-order valence-corrected chi connectivity index (χ4v) is 0.948. The molecule has 4 heteroatoms. The van der Waals surface area contributed by atoms with Crippen molar-refractivity contribution < 1.29 is 14.3 Å². The van der Waals surface area contributed by atoms with Crippen molar-refractivity contribution in [1.29, 1.82) is 0 Å². The second-order valence-corrected chi connectivity index (χ2v) is 2.62. The van der Waals surface area contributed by atoms with Crippen LogP contribution in [0.1, 0.15) is 11.1 Å². The molecule has 72 valence electrons. The first kappa shape index (κ1) is 10.2. The van der Waals surface area contributed by atoms with Gasteiger partial charge in [-0.1, -0.05) is 5.92 Å². The topological polar surface area (TPSA) is 63.3 Å². The van der Waals surface area contributed by atoms with E-state index in [-0.39, 0.29) is 6.61 Å². The van der Waals surface area contributed by atoms with E-state index in [2.05, 4.69) is 11.8 Å². The number of carbonyl (C=O) groups is 1. The second kappa shape index (κ2) is 4.40. The van der Waals surface area contributed by atoms with E-state index in [1.807, 2.05) is 0 Å². The van der Waals surface area contributed by atoms with E-state index >= 15 is 0 Å². The van der Waals surface area contributed by atoms with Crippen molar-refractivity contribution in [2.45, 2.75) is 6.61 Å². The van der Waals surface area contributed by atoms with Gasteiger partial charge < -0.3 is 10.8 Å². The number of amides is 1. The van der Waals surface area contributed by atoms with E-state index in [4.69, 9.17) is 10.8 Å². The number of nitrogens with two attached hydrogens (primary N) is 1. The number of aliphatic hydroxyl groups is 1. The molecule has 0 radical (unpaired) electrons. The van der Waals surface area contributed by atoms with Crippen LogP contribution in [0.4, 0.5) is 4.39 Å². The van der Waals surface area contributed by atoms with Crippen molar-refractivity contribution in [3.05, 3.63) is 35.1 Å². The Labute approximate surface area is 80.4 Å². The van der Waals surface area contributed by atoms with Crippen LogP contribution in [0.5, 0.6) is 0 Å². The fraction of sp³-hybridized carbons (Fsp3) is 0.100. The van der Waals surface area contributed by atoms with Gasteiger partial charge in [0.05, 0.1) is 6.61 Å². The molecule has 0 unspecified atom stereocenters. The number of hydrogen-bond donors (Lipinski definition) is 2. The van der Waals surface area contributed by atoms with E-state index < -0.39 is 11.7 Å². The average Bonchev–Trinajstić information content (AvgIpc) is 2.14. The summed E-state index contributed by atoms with van der Waals surface area (Å²) in [5, 5.41) is 8.76. The lowest BCUT2D eigenvalue weighted by molar-refractivity contribution is -0.112. The normalized spacial score (nSPS) is 9.00. The molecule has 0 aliphatic rings. The van der Waals surface area contributed by atoms with E-state index in [9.17, 15) is 9.18 Å². The molecule has 1 rings (SSSR count). The fourth-order valence-electron chi connectivity index (χ4n) is 0.948. The maximum atomic E-state index is 12.8. The van der Waals surface area contributed by atoms with Crippen molar-refractivity contribution in [2.75, 3.05) is 0 Å². The summed E-state index contributed by atoms with van der Waals surface area (Å²) >= 11 is 0. The van der Waals surface area contributed by atoms with Crippen LogP contribution in [0, 0.1) is 17.7 Å². The minimum Gasteiger partial charge on any atom is -0.392 e. The summed E-state index contributed by atoms with van der Waals surface area (Å²) in [4.78, 5) is 10.3. The monoisotopic (exact) mass is 193 g/mol. The second-order valence-electron chi connectivity index (χ2n) is 2.62. The minimum absolute atomic E-state index is 0.275. The van der Waals surface area contributed by atoms with Gasteiger partial charge in [-0.15, -0.1) is 0 Å². The van der Waals surface area contributed by atoms with Crippen LogP contribution >= 0.6 is 0 Å². The predicted molar refractivity (Wildman–Crippen MR) is 48.4 cm³/mol. The first-order valence-electron chi connectivity index (χ1n) is 3.83. The van der Waals surface area contributed by atoms with E-state index in [1.54, 1.807) is 0 Å². The standard InChI is InChI=1S/C10H8FNO2/c11-9-4-7(1-2-10(12)14)3-8(5-9)6-13/h3-5,13H,6H2,(H2,12,14). The molecule has 0 aromatic heterocycles. The average molecular weight is 193 g/mol. The van der Waals surface area contributed by atoms with Crippen LogP contribution in [0.3, 0.4) is 0 Å².